The molecular weight excluding hydrogens is 266 g/mol. The monoisotopic (exact) mass is 277 g/mol. The van der Waals surface area contributed by atoms with E-state index in [0.717, 1.165) is 22.7 Å². The van der Waals surface area contributed by atoms with E-state index in [1.807, 2.05) is 48.2 Å². The normalized spacial score (nSPS) is 17.1. The summed E-state index contributed by atoms with van der Waals surface area (Å²) in [6, 6.07) is 18.3. The van der Waals surface area contributed by atoms with E-state index in [9.17, 15) is 0 Å². The quantitative estimate of drug-likeness (QED) is 0.681. The second-order valence-electron chi connectivity index (χ2n) is 4.79. The van der Waals surface area contributed by atoms with Crippen LogP contribution in [0.25, 0.3) is 11.0 Å². The fourth-order valence-corrected chi connectivity index (χ4v) is 3.93. The van der Waals surface area contributed by atoms with Gasteiger partial charge < -0.3 is 4.57 Å². The van der Waals surface area contributed by atoms with E-state index in [-0.39, 0.29) is 5.37 Å². The lowest BCUT2D eigenvalue weighted by atomic mass is 10.1. The van der Waals surface area contributed by atoms with Crippen LogP contribution >= 0.6 is 11.8 Å². The average Bonchev–Trinajstić information content (AvgIpc) is 3.06. The fraction of sp³-hybridized carbons (Fsp3) is 0.125. The van der Waals surface area contributed by atoms with Crippen molar-refractivity contribution in [1.82, 2.24) is 9.55 Å². The average molecular weight is 277 g/mol. The first-order chi connectivity index (χ1) is 9.86. The molecule has 4 heteroatoms. The molecule has 4 rings (SSSR count). The lowest BCUT2D eigenvalue weighted by molar-refractivity contribution is 0.794. The molecule has 0 unspecified atom stereocenters. The van der Waals surface area contributed by atoms with Crippen LogP contribution in [0.1, 0.15) is 22.3 Å². The summed E-state index contributed by atoms with van der Waals surface area (Å²) in [7, 11) is 0. The van der Waals surface area contributed by atoms with Crippen molar-refractivity contribution in [3.63, 3.8) is 0 Å². The Morgan fingerprint density at radius 2 is 2.10 bits per heavy atom. The van der Waals surface area contributed by atoms with Crippen molar-refractivity contribution >= 4 is 22.8 Å². The summed E-state index contributed by atoms with van der Waals surface area (Å²) < 4.78 is 2.29. The first-order valence-corrected chi connectivity index (χ1v) is 7.49. The van der Waals surface area contributed by atoms with Crippen molar-refractivity contribution in [3.8, 4) is 6.07 Å². The molecule has 0 saturated carbocycles. The van der Waals surface area contributed by atoms with Crippen LogP contribution in [-0.2, 0) is 5.75 Å². The lowest BCUT2D eigenvalue weighted by Gasteiger charge is -2.14. The highest BCUT2D eigenvalue weighted by Crippen LogP contribution is 2.42. The summed E-state index contributed by atoms with van der Waals surface area (Å²) >= 11 is 1.86. The molecule has 1 aliphatic heterocycles. The van der Waals surface area contributed by atoms with Gasteiger partial charge in [0, 0.05) is 0 Å². The van der Waals surface area contributed by atoms with Crippen LogP contribution in [0.5, 0.6) is 0 Å². The van der Waals surface area contributed by atoms with Gasteiger partial charge in [-0.1, -0.05) is 24.3 Å². The molecule has 0 N–H and O–H groups in total. The summed E-state index contributed by atoms with van der Waals surface area (Å²) in [5, 5.41) is 9.27. The Balaban J connectivity index is 1.89. The summed E-state index contributed by atoms with van der Waals surface area (Å²) in [5.74, 6) is 2.03. The number of fused-ring (bicyclic) bond motifs is 3. The van der Waals surface area contributed by atoms with Gasteiger partial charge in [0.1, 0.15) is 11.2 Å². The SMILES string of the molecule is N#Cc1cccc([C@@H]2SCc3nc4ccccc4n32)c1. The van der Waals surface area contributed by atoms with Crippen LogP contribution in [0.3, 0.4) is 0 Å². The predicted octanol–water partition coefficient (Wildman–Crippen LogP) is 3.70. The van der Waals surface area contributed by atoms with Crippen molar-refractivity contribution in [2.45, 2.75) is 11.1 Å². The molecule has 0 fully saturated rings. The molecule has 0 saturated heterocycles. The maximum absolute atomic E-state index is 9.06. The van der Waals surface area contributed by atoms with Gasteiger partial charge in [-0.3, -0.25) is 0 Å². The van der Waals surface area contributed by atoms with E-state index in [1.54, 1.807) is 0 Å². The van der Waals surface area contributed by atoms with Crippen molar-refractivity contribution in [2.24, 2.45) is 0 Å². The molecule has 3 aromatic rings. The van der Waals surface area contributed by atoms with Crippen LogP contribution in [0, 0.1) is 11.3 Å². The number of imidazole rings is 1. The van der Waals surface area contributed by atoms with Crippen LogP contribution in [0.4, 0.5) is 0 Å². The zero-order valence-electron chi connectivity index (χ0n) is 10.7. The van der Waals surface area contributed by atoms with Gasteiger partial charge >= 0.3 is 0 Å². The molecule has 96 valence electrons. The molecule has 1 aliphatic rings. The number of benzene rings is 2. The Morgan fingerprint density at radius 1 is 1.20 bits per heavy atom. The van der Waals surface area contributed by atoms with E-state index < -0.39 is 0 Å². The molecule has 2 heterocycles. The number of aromatic nitrogens is 2. The van der Waals surface area contributed by atoms with Crippen molar-refractivity contribution in [3.05, 3.63) is 65.5 Å². The molecule has 0 bridgehead atoms. The Hall–Kier alpha value is -2.25. The molecule has 0 amide bonds. The maximum Gasteiger partial charge on any atom is 0.121 e. The van der Waals surface area contributed by atoms with E-state index in [1.165, 1.54) is 5.52 Å². The van der Waals surface area contributed by atoms with Gasteiger partial charge in [0.2, 0.25) is 0 Å². The van der Waals surface area contributed by atoms with Crippen LogP contribution in [0.2, 0.25) is 0 Å². The first kappa shape index (κ1) is 11.6. The Bertz CT molecular complexity index is 844. The van der Waals surface area contributed by atoms with Crippen molar-refractivity contribution in [1.29, 1.82) is 5.26 Å². The zero-order chi connectivity index (χ0) is 13.5. The minimum Gasteiger partial charge on any atom is -0.310 e. The van der Waals surface area contributed by atoms with Gasteiger partial charge in [-0.05, 0) is 29.8 Å². The molecule has 1 aromatic heterocycles. The summed E-state index contributed by atoms with van der Waals surface area (Å²) in [6.45, 7) is 0. The molecular formula is C16H11N3S. The van der Waals surface area contributed by atoms with Gasteiger partial charge in [-0.25, -0.2) is 4.98 Å². The minimum absolute atomic E-state index is 0.214. The second kappa shape index (κ2) is 4.39. The third-order valence-electron chi connectivity index (χ3n) is 3.57. The lowest BCUT2D eigenvalue weighted by Crippen LogP contribution is -2.03. The molecule has 2 aromatic carbocycles. The predicted molar refractivity (Wildman–Crippen MR) is 80.3 cm³/mol. The highest BCUT2D eigenvalue weighted by molar-refractivity contribution is 7.99. The molecule has 20 heavy (non-hydrogen) atoms. The summed E-state index contributed by atoms with van der Waals surface area (Å²) in [4.78, 5) is 4.69. The number of para-hydroxylation sites is 2. The maximum atomic E-state index is 9.06. The van der Waals surface area contributed by atoms with Crippen LogP contribution < -0.4 is 0 Å². The van der Waals surface area contributed by atoms with Gasteiger partial charge in [0.25, 0.3) is 0 Å². The standard InChI is InChI=1S/C16H11N3S/c17-9-11-4-3-5-12(8-11)16-19-14-7-2-1-6-13(14)18-15(19)10-20-16/h1-8,16H,10H2/t16-/m0/s1. The van der Waals surface area contributed by atoms with Gasteiger partial charge in [-0.15, -0.1) is 11.8 Å². The van der Waals surface area contributed by atoms with E-state index >= 15 is 0 Å². The first-order valence-electron chi connectivity index (χ1n) is 6.44. The Kier molecular flexibility index (Phi) is 2.54. The molecule has 1 atom stereocenters. The Labute approximate surface area is 120 Å². The van der Waals surface area contributed by atoms with Crippen molar-refractivity contribution in [2.75, 3.05) is 0 Å². The second-order valence-corrected chi connectivity index (χ2v) is 5.86. The minimum atomic E-state index is 0.214. The number of thioether (sulfide) groups is 1. The number of nitriles is 1. The largest absolute Gasteiger partial charge is 0.310 e. The van der Waals surface area contributed by atoms with E-state index in [4.69, 9.17) is 5.26 Å². The zero-order valence-corrected chi connectivity index (χ0v) is 11.5. The number of nitrogens with zero attached hydrogens (tertiary/aromatic N) is 3. The topological polar surface area (TPSA) is 41.6 Å². The smallest absolute Gasteiger partial charge is 0.121 e. The summed E-state index contributed by atoms with van der Waals surface area (Å²) in [5.41, 5.74) is 4.08. The fourth-order valence-electron chi connectivity index (χ4n) is 2.69. The van der Waals surface area contributed by atoms with Crippen LogP contribution in [0.15, 0.2) is 48.5 Å². The van der Waals surface area contributed by atoms with Gasteiger partial charge in [0.15, 0.2) is 0 Å². The third kappa shape index (κ3) is 1.64. The van der Waals surface area contributed by atoms with E-state index in [0.29, 0.717) is 5.56 Å². The van der Waals surface area contributed by atoms with Crippen LogP contribution in [-0.4, -0.2) is 9.55 Å². The molecule has 3 nitrogen and oxygen atoms in total. The summed E-state index contributed by atoms with van der Waals surface area (Å²) in [6.07, 6.45) is 0. The Morgan fingerprint density at radius 3 is 3.00 bits per heavy atom. The number of hydrogen-bond acceptors (Lipinski definition) is 3. The third-order valence-corrected chi connectivity index (χ3v) is 4.80. The van der Waals surface area contributed by atoms with E-state index in [2.05, 4.69) is 27.8 Å². The molecule has 0 radical (unpaired) electrons. The highest BCUT2D eigenvalue weighted by Gasteiger charge is 2.27. The molecule has 0 aliphatic carbocycles. The molecule has 0 spiro atoms. The number of rotatable bonds is 1. The number of hydrogen-bond donors (Lipinski definition) is 0. The highest BCUT2D eigenvalue weighted by atomic mass is 32.2. The van der Waals surface area contributed by atoms with Gasteiger partial charge in [0.05, 0.1) is 28.4 Å². The van der Waals surface area contributed by atoms with Crippen molar-refractivity contribution < 1.29 is 0 Å². The van der Waals surface area contributed by atoms with Gasteiger partial charge in [-0.2, -0.15) is 5.26 Å².